The first-order chi connectivity index (χ1) is 8.70. The summed E-state index contributed by atoms with van der Waals surface area (Å²) in [7, 11) is 0. The average Bonchev–Trinajstić information content (AvgIpc) is 2.71. The molecule has 0 aliphatic carbocycles. The maximum absolute atomic E-state index is 8.81. The smallest absolute Gasteiger partial charge is 0.227 e. The molecule has 0 amide bonds. The third kappa shape index (κ3) is 3.16. The van der Waals surface area contributed by atoms with Crippen LogP contribution in [0, 0.1) is 10.5 Å². The van der Waals surface area contributed by atoms with Crippen LogP contribution in [0.1, 0.15) is 12.1 Å². The molecular weight excluding hydrogens is 345 g/mol. The minimum Gasteiger partial charge on any atom is -0.396 e. The Kier molecular flexibility index (Phi) is 4.48. The van der Waals surface area contributed by atoms with Crippen molar-refractivity contribution in [1.29, 1.82) is 0 Å². The van der Waals surface area contributed by atoms with Gasteiger partial charge in [0.1, 0.15) is 0 Å². The molecule has 0 atom stereocenters. The maximum atomic E-state index is 8.81. The van der Waals surface area contributed by atoms with E-state index in [0.717, 1.165) is 15.0 Å². The fourth-order valence-electron chi connectivity index (χ4n) is 1.51. The van der Waals surface area contributed by atoms with Crippen LogP contribution in [-0.2, 0) is 6.54 Å². The zero-order chi connectivity index (χ0) is 13.0. The van der Waals surface area contributed by atoms with Gasteiger partial charge in [-0.1, -0.05) is 0 Å². The lowest BCUT2D eigenvalue weighted by molar-refractivity contribution is 0.276. The zero-order valence-corrected chi connectivity index (χ0v) is 12.1. The van der Waals surface area contributed by atoms with Gasteiger partial charge in [-0.3, -0.25) is 4.68 Å². The van der Waals surface area contributed by atoms with E-state index < -0.39 is 0 Å². The van der Waals surface area contributed by atoms with Crippen LogP contribution in [0.2, 0.25) is 0 Å². The Morgan fingerprint density at radius 1 is 1.33 bits per heavy atom. The minimum atomic E-state index is 0.169. The largest absolute Gasteiger partial charge is 0.396 e. The van der Waals surface area contributed by atoms with E-state index in [1.807, 2.05) is 11.6 Å². The predicted octanol–water partition coefficient (Wildman–Crippen LogP) is 1.71. The lowest BCUT2D eigenvalue weighted by Gasteiger charge is -2.05. The summed E-state index contributed by atoms with van der Waals surface area (Å²) in [6.07, 6.45) is 5.94. The second kappa shape index (κ2) is 6.10. The average molecular weight is 359 g/mol. The van der Waals surface area contributed by atoms with Crippen molar-refractivity contribution in [3.8, 4) is 0 Å². The van der Waals surface area contributed by atoms with Crippen molar-refractivity contribution in [3.63, 3.8) is 0 Å². The molecule has 0 spiro atoms. The molecule has 0 unspecified atom stereocenters. The number of halogens is 1. The van der Waals surface area contributed by atoms with Gasteiger partial charge in [0.05, 0.1) is 17.6 Å². The van der Waals surface area contributed by atoms with Crippen LogP contribution < -0.4 is 5.32 Å². The fourth-order valence-corrected chi connectivity index (χ4v) is 1.79. The molecule has 0 aliphatic heterocycles. The van der Waals surface area contributed by atoms with Gasteiger partial charge in [0, 0.05) is 29.1 Å². The Bertz CT molecular complexity index is 511. The standard InChI is InChI=1S/C11H14IN5O/c1-8-10(7-15-17(8)3-2-4-18)16-11-13-5-9(12)6-14-11/h5-7,18H,2-4H2,1H3,(H,13,14,16). The minimum absolute atomic E-state index is 0.169. The SMILES string of the molecule is Cc1c(Nc2ncc(I)cn2)cnn1CCCO. The highest BCUT2D eigenvalue weighted by Gasteiger charge is 2.07. The Morgan fingerprint density at radius 2 is 2.06 bits per heavy atom. The number of rotatable bonds is 5. The summed E-state index contributed by atoms with van der Waals surface area (Å²) in [4.78, 5) is 8.36. The Morgan fingerprint density at radius 3 is 2.72 bits per heavy atom. The first-order valence-electron chi connectivity index (χ1n) is 5.58. The number of aliphatic hydroxyl groups excluding tert-OH is 1. The van der Waals surface area contributed by atoms with Gasteiger partial charge in [-0.05, 0) is 35.9 Å². The highest BCUT2D eigenvalue weighted by Crippen LogP contribution is 2.17. The van der Waals surface area contributed by atoms with Gasteiger partial charge in [0.25, 0.3) is 0 Å². The van der Waals surface area contributed by atoms with E-state index in [2.05, 4.69) is 43.0 Å². The van der Waals surface area contributed by atoms with Gasteiger partial charge in [0.2, 0.25) is 5.95 Å². The van der Waals surface area contributed by atoms with Gasteiger partial charge in [0.15, 0.2) is 0 Å². The number of hydrogen-bond donors (Lipinski definition) is 2. The maximum Gasteiger partial charge on any atom is 0.227 e. The first kappa shape index (κ1) is 13.2. The van der Waals surface area contributed by atoms with Crippen LogP contribution in [0.15, 0.2) is 18.6 Å². The molecule has 2 rings (SSSR count). The van der Waals surface area contributed by atoms with Crippen LogP contribution in [0.5, 0.6) is 0 Å². The van der Waals surface area contributed by atoms with Crippen molar-refractivity contribution in [2.75, 3.05) is 11.9 Å². The first-order valence-corrected chi connectivity index (χ1v) is 6.66. The molecule has 7 heteroatoms. The normalized spacial score (nSPS) is 10.6. The molecule has 6 nitrogen and oxygen atoms in total. The van der Waals surface area contributed by atoms with Crippen molar-refractivity contribution in [2.45, 2.75) is 19.9 Å². The second-order valence-electron chi connectivity index (χ2n) is 3.79. The van der Waals surface area contributed by atoms with Crippen LogP contribution in [0.4, 0.5) is 11.6 Å². The van der Waals surface area contributed by atoms with E-state index >= 15 is 0 Å². The van der Waals surface area contributed by atoms with Crippen molar-refractivity contribution in [1.82, 2.24) is 19.7 Å². The van der Waals surface area contributed by atoms with E-state index in [4.69, 9.17) is 5.11 Å². The molecule has 2 N–H and O–H groups in total. The van der Waals surface area contributed by atoms with Crippen molar-refractivity contribution in [2.24, 2.45) is 0 Å². The molecule has 0 bridgehead atoms. The summed E-state index contributed by atoms with van der Waals surface area (Å²) in [6, 6.07) is 0. The van der Waals surface area contributed by atoms with Crippen molar-refractivity contribution < 1.29 is 5.11 Å². The van der Waals surface area contributed by atoms with Gasteiger partial charge >= 0.3 is 0 Å². The molecule has 18 heavy (non-hydrogen) atoms. The second-order valence-corrected chi connectivity index (χ2v) is 5.04. The van der Waals surface area contributed by atoms with E-state index in [1.54, 1.807) is 18.6 Å². The van der Waals surface area contributed by atoms with Gasteiger partial charge < -0.3 is 10.4 Å². The summed E-state index contributed by atoms with van der Waals surface area (Å²) in [6.45, 7) is 2.85. The number of aryl methyl sites for hydroxylation is 1. The van der Waals surface area contributed by atoms with E-state index in [9.17, 15) is 0 Å². The molecule has 2 heterocycles. The lowest BCUT2D eigenvalue weighted by Crippen LogP contribution is -2.04. The van der Waals surface area contributed by atoms with Gasteiger partial charge in [-0.15, -0.1) is 0 Å². The predicted molar refractivity (Wildman–Crippen MR) is 76.7 cm³/mol. The molecule has 0 saturated heterocycles. The van der Waals surface area contributed by atoms with E-state index in [-0.39, 0.29) is 6.61 Å². The zero-order valence-electron chi connectivity index (χ0n) is 9.97. The highest BCUT2D eigenvalue weighted by molar-refractivity contribution is 14.1. The topological polar surface area (TPSA) is 75.9 Å². The number of nitrogens with zero attached hydrogens (tertiary/aromatic N) is 4. The third-order valence-corrected chi connectivity index (χ3v) is 3.06. The monoisotopic (exact) mass is 359 g/mol. The van der Waals surface area contributed by atoms with Gasteiger partial charge in [-0.2, -0.15) is 5.10 Å². The molecular formula is C11H14IN5O. The summed E-state index contributed by atoms with van der Waals surface area (Å²) in [5.74, 6) is 0.556. The summed E-state index contributed by atoms with van der Waals surface area (Å²) in [5.41, 5.74) is 1.89. The number of aliphatic hydroxyl groups is 1. The molecule has 0 saturated carbocycles. The molecule has 0 radical (unpaired) electrons. The van der Waals surface area contributed by atoms with Crippen LogP contribution in [-0.4, -0.2) is 31.5 Å². The number of nitrogens with one attached hydrogen (secondary N) is 1. The van der Waals surface area contributed by atoms with Crippen LogP contribution in [0.3, 0.4) is 0 Å². The van der Waals surface area contributed by atoms with E-state index in [0.29, 0.717) is 18.9 Å². The summed E-state index contributed by atoms with van der Waals surface area (Å²) < 4.78 is 2.85. The molecule has 2 aromatic rings. The van der Waals surface area contributed by atoms with E-state index in [1.165, 1.54) is 0 Å². The highest BCUT2D eigenvalue weighted by atomic mass is 127. The molecule has 0 aliphatic rings. The lowest BCUT2D eigenvalue weighted by atomic mass is 10.4. The molecule has 0 aromatic carbocycles. The van der Waals surface area contributed by atoms with Crippen LogP contribution in [0.25, 0.3) is 0 Å². The Balaban J connectivity index is 2.09. The van der Waals surface area contributed by atoms with Crippen molar-refractivity contribution >= 4 is 34.2 Å². The fraction of sp³-hybridized carbons (Fsp3) is 0.364. The molecule has 2 aromatic heterocycles. The molecule has 96 valence electrons. The molecule has 0 fully saturated rings. The quantitative estimate of drug-likeness (QED) is 0.795. The summed E-state index contributed by atoms with van der Waals surface area (Å²) in [5, 5.41) is 16.2. The number of anilines is 2. The number of hydrogen-bond acceptors (Lipinski definition) is 5. The van der Waals surface area contributed by atoms with Gasteiger partial charge in [-0.25, -0.2) is 9.97 Å². The summed E-state index contributed by atoms with van der Waals surface area (Å²) >= 11 is 2.16. The third-order valence-electron chi connectivity index (χ3n) is 2.50. The van der Waals surface area contributed by atoms with Crippen molar-refractivity contribution in [3.05, 3.63) is 27.9 Å². The van der Waals surface area contributed by atoms with Crippen LogP contribution >= 0.6 is 22.6 Å². The Labute approximate surface area is 119 Å². The Hall–Kier alpha value is -1.22. The number of aromatic nitrogens is 4.